The number of rotatable bonds is 3. The monoisotopic (exact) mass is 284 g/mol. The predicted molar refractivity (Wildman–Crippen MR) is 83.6 cm³/mol. The van der Waals surface area contributed by atoms with E-state index in [1.807, 2.05) is 0 Å². The fourth-order valence-electron chi connectivity index (χ4n) is 3.70. The molecule has 1 heterocycles. The van der Waals surface area contributed by atoms with E-state index in [4.69, 9.17) is 11.6 Å². The van der Waals surface area contributed by atoms with E-state index < -0.39 is 0 Å². The lowest BCUT2D eigenvalue weighted by Crippen LogP contribution is -2.63. The van der Waals surface area contributed by atoms with Crippen LogP contribution >= 0.6 is 11.6 Å². The molecule has 110 valence electrons. The van der Waals surface area contributed by atoms with Crippen LogP contribution in [0.25, 0.3) is 0 Å². The summed E-state index contributed by atoms with van der Waals surface area (Å²) in [7, 11) is 0. The zero-order chi connectivity index (χ0) is 13.9. The van der Waals surface area contributed by atoms with Crippen LogP contribution in [0.1, 0.15) is 52.9 Å². The van der Waals surface area contributed by atoms with Crippen LogP contribution in [0.4, 0.5) is 0 Å². The maximum absolute atomic E-state index is 5.87. The molecule has 2 aliphatic rings. The number of nitrogens with one attached hydrogen (secondary N) is 1. The highest BCUT2D eigenvalue weighted by Gasteiger charge is 2.36. The van der Waals surface area contributed by atoms with E-state index >= 15 is 0 Å². The third-order valence-electron chi connectivity index (χ3n) is 4.69. The van der Waals surface area contributed by atoms with E-state index in [1.165, 1.54) is 37.7 Å². The Balaban J connectivity index is 2.05. The molecule has 0 radical (unpaired) electrons. The van der Waals surface area contributed by atoms with Crippen LogP contribution in [0.15, 0.2) is 11.1 Å². The van der Waals surface area contributed by atoms with Crippen molar-refractivity contribution < 1.29 is 0 Å². The first kappa shape index (κ1) is 15.3. The summed E-state index contributed by atoms with van der Waals surface area (Å²) in [5.74, 6) is 0.875. The molecule has 0 spiro atoms. The Morgan fingerprint density at radius 2 is 2.00 bits per heavy atom. The van der Waals surface area contributed by atoms with Gasteiger partial charge in [0, 0.05) is 36.8 Å². The van der Waals surface area contributed by atoms with E-state index in [-0.39, 0.29) is 5.54 Å². The van der Waals surface area contributed by atoms with Gasteiger partial charge in [0.1, 0.15) is 0 Å². The molecule has 1 saturated heterocycles. The first-order valence-corrected chi connectivity index (χ1v) is 8.20. The van der Waals surface area contributed by atoms with Crippen molar-refractivity contribution in [2.45, 2.75) is 64.5 Å². The lowest BCUT2D eigenvalue weighted by Gasteiger charge is -2.48. The molecule has 1 aliphatic heterocycles. The average molecular weight is 285 g/mol. The van der Waals surface area contributed by atoms with Gasteiger partial charge >= 0.3 is 0 Å². The van der Waals surface area contributed by atoms with Crippen molar-refractivity contribution in [1.82, 2.24) is 10.2 Å². The van der Waals surface area contributed by atoms with Gasteiger partial charge in [0.05, 0.1) is 0 Å². The maximum Gasteiger partial charge on any atom is 0.0253 e. The largest absolute Gasteiger partial charge is 0.309 e. The molecule has 0 bridgehead atoms. The molecule has 1 unspecified atom stereocenters. The van der Waals surface area contributed by atoms with Gasteiger partial charge in [-0.1, -0.05) is 30.9 Å². The summed E-state index contributed by atoms with van der Waals surface area (Å²) in [4.78, 5) is 2.67. The number of piperazine rings is 1. The number of hydrogen-bond acceptors (Lipinski definition) is 2. The van der Waals surface area contributed by atoms with Crippen LogP contribution in [0.2, 0.25) is 0 Å². The van der Waals surface area contributed by atoms with Gasteiger partial charge in [-0.2, -0.15) is 0 Å². The number of halogens is 1. The molecule has 2 nitrogen and oxygen atoms in total. The Morgan fingerprint density at radius 1 is 1.32 bits per heavy atom. The second-order valence-corrected chi connectivity index (χ2v) is 7.31. The van der Waals surface area contributed by atoms with Gasteiger partial charge in [0.15, 0.2) is 0 Å². The normalized spacial score (nSPS) is 30.5. The van der Waals surface area contributed by atoms with Crippen molar-refractivity contribution in [3.63, 3.8) is 0 Å². The van der Waals surface area contributed by atoms with Crippen LogP contribution in [0.3, 0.4) is 0 Å². The maximum atomic E-state index is 5.87. The Morgan fingerprint density at radius 3 is 2.63 bits per heavy atom. The highest BCUT2D eigenvalue weighted by atomic mass is 35.5. The van der Waals surface area contributed by atoms with E-state index in [2.05, 4.69) is 31.0 Å². The van der Waals surface area contributed by atoms with Gasteiger partial charge in [0.25, 0.3) is 0 Å². The molecule has 0 aromatic heterocycles. The molecular weight excluding hydrogens is 256 g/mol. The van der Waals surface area contributed by atoms with Crippen molar-refractivity contribution in [2.24, 2.45) is 5.92 Å². The minimum Gasteiger partial charge on any atom is -0.309 e. The van der Waals surface area contributed by atoms with Crippen LogP contribution in [-0.4, -0.2) is 36.1 Å². The van der Waals surface area contributed by atoms with Crippen molar-refractivity contribution in [1.29, 1.82) is 0 Å². The molecule has 0 amide bonds. The lowest BCUT2D eigenvalue weighted by molar-refractivity contribution is 0.0556. The van der Waals surface area contributed by atoms with Crippen LogP contribution in [-0.2, 0) is 0 Å². The van der Waals surface area contributed by atoms with Crippen molar-refractivity contribution in [2.75, 3.05) is 19.6 Å². The van der Waals surface area contributed by atoms with Gasteiger partial charge in [-0.15, -0.1) is 0 Å². The van der Waals surface area contributed by atoms with Gasteiger partial charge < -0.3 is 5.32 Å². The predicted octanol–water partition coefficient (Wildman–Crippen LogP) is 3.76. The highest BCUT2D eigenvalue weighted by molar-refractivity contribution is 6.25. The number of hydrogen-bond donors (Lipinski definition) is 1. The Hall–Kier alpha value is -0.0500. The highest BCUT2D eigenvalue weighted by Crippen LogP contribution is 2.31. The zero-order valence-electron chi connectivity index (χ0n) is 12.7. The smallest absolute Gasteiger partial charge is 0.0253 e. The van der Waals surface area contributed by atoms with E-state index in [1.54, 1.807) is 5.54 Å². The van der Waals surface area contributed by atoms with Crippen molar-refractivity contribution >= 4 is 11.6 Å². The van der Waals surface area contributed by atoms with E-state index in [0.717, 1.165) is 25.6 Å². The molecular formula is C16H29ClN2. The third kappa shape index (κ3) is 4.21. The summed E-state index contributed by atoms with van der Waals surface area (Å²) >= 11 is 5.87. The summed E-state index contributed by atoms with van der Waals surface area (Å²) in [5, 5.41) is 3.73. The molecule has 1 N–H and O–H groups in total. The minimum absolute atomic E-state index is 0.220. The molecule has 2 rings (SSSR count). The average Bonchev–Trinajstić information content (AvgIpc) is 2.39. The summed E-state index contributed by atoms with van der Waals surface area (Å²) in [6.45, 7) is 10.0. The lowest BCUT2D eigenvalue weighted by atomic mass is 9.81. The third-order valence-corrected chi connectivity index (χ3v) is 5.06. The first-order valence-electron chi connectivity index (χ1n) is 7.77. The quantitative estimate of drug-likeness (QED) is 0.849. The van der Waals surface area contributed by atoms with Gasteiger partial charge in [0.2, 0.25) is 0 Å². The summed E-state index contributed by atoms with van der Waals surface area (Å²) in [6.07, 6.45) is 7.09. The molecule has 0 aromatic carbocycles. The fourth-order valence-corrected chi connectivity index (χ4v) is 3.77. The molecule has 3 heteroatoms. The molecule has 0 aromatic rings. The SMILES string of the molecule is CC(=CCl)CN1CC(C)(C)NCC1C1CCCCC1. The second kappa shape index (κ2) is 6.60. The minimum atomic E-state index is 0.220. The summed E-state index contributed by atoms with van der Waals surface area (Å²) in [6, 6.07) is 0.694. The Kier molecular flexibility index (Phi) is 5.33. The number of nitrogens with zero attached hydrogens (tertiary/aromatic N) is 1. The summed E-state index contributed by atoms with van der Waals surface area (Å²) < 4.78 is 0. The first-order chi connectivity index (χ1) is 9.02. The Bertz CT molecular complexity index is 319. The van der Waals surface area contributed by atoms with Crippen LogP contribution in [0.5, 0.6) is 0 Å². The molecule has 19 heavy (non-hydrogen) atoms. The molecule has 2 fully saturated rings. The van der Waals surface area contributed by atoms with Crippen LogP contribution < -0.4 is 5.32 Å². The molecule has 1 atom stereocenters. The van der Waals surface area contributed by atoms with Gasteiger partial charge in [-0.05, 0) is 45.1 Å². The second-order valence-electron chi connectivity index (χ2n) is 7.09. The van der Waals surface area contributed by atoms with E-state index in [0.29, 0.717) is 6.04 Å². The van der Waals surface area contributed by atoms with Gasteiger partial charge in [-0.3, -0.25) is 4.90 Å². The van der Waals surface area contributed by atoms with Crippen molar-refractivity contribution in [3.8, 4) is 0 Å². The standard InChI is InChI=1S/C16H29ClN2/c1-13(9-17)11-19-12-16(2,3)18-10-15(19)14-7-5-4-6-8-14/h9,14-15,18H,4-8,10-12H2,1-3H3. The zero-order valence-corrected chi connectivity index (χ0v) is 13.5. The molecule has 1 saturated carbocycles. The van der Waals surface area contributed by atoms with Crippen LogP contribution in [0, 0.1) is 5.92 Å². The van der Waals surface area contributed by atoms with E-state index in [9.17, 15) is 0 Å². The topological polar surface area (TPSA) is 15.3 Å². The Labute approximate surface area is 123 Å². The molecule has 1 aliphatic carbocycles. The van der Waals surface area contributed by atoms with Crippen molar-refractivity contribution in [3.05, 3.63) is 11.1 Å². The fraction of sp³-hybridized carbons (Fsp3) is 0.875. The summed E-state index contributed by atoms with van der Waals surface area (Å²) in [5.41, 5.74) is 3.24. The van der Waals surface area contributed by atoms with Gasteiger partial charge in [-0.25, -0.2) is 0 Å².